The van der Waals surface area contributed by atoms with Crippen LogP contribution < -0.4 is 10.2 Å². The summed E-state index contributed by atoms with van der Waals surface area (Å²) in [5.74, 6) is 1.99. The SMILES string of the molecule is CCNCc1cccnc1N(CC)Cc1ccco1. The van der Waals surface area contributed by atoms with E-state index in [4.69, 9.17) is 4.42 Å². The van der Waals surface area contributed by atoms with E-state index in [-0.39, 0.29) is 0 Å². The second-order valence-electron chi connectivity index (χ2n) is 4.36. The minimum absolute atomic E-state index is 0.750. The molecule has 102 valence electrons. The lowest BCUT2D eigenvalue weighted by molar-refractivity contribution is 0.502. The number of aromatic nitrogens is 1. The molecule has 0 aliphatic rings. The molecule has 2 heterocycles. The maximum atomic E-state index is 5.42. The number of hydrogen-bond acceptors (Lipinski definition) is 4. The van der Waals surface area contributed by atoms with Crippen molar-refractivity contribution in [2.45, 2.75) is 26.9 Å². The Kier molecular flexibility index (Phi) is 4.98. The largest absolute Gasteiger partial charge is 0.467 e. The van der Waals surface area contributed by atoms with Crippen LogP contribution in [0, 0.1) is 0 Å². The highest BCUT2D eigenvalue weighted by Gasteiger charge is 2.12. The van der Waals surface area contributed by atoms with Crippen LogP contribution >= 0.6 is 0 Å². The fourth-order valence-electron chi connectivity index (χ4n) is 2.04. The fraction of sp³-hybridized carbons (Fsp3) is 0.400. The Hall–Kier alpha value is -1.81. The highest BCUT2D eigenvalue weighted by atomic mass is 16.3. The van der Waals surface area contributed by atoms with E-state index in [1.165, 1.54) is 5.56 Å². The molecular weight excluding hydrogens is 238 g/mol. The van der Waals surface area contributed by atoms with Crippen molar-refractivity contribution < 1.29 is 4.42 Å². The molecule has 1 N–H and O–H groups in total. The summed E-state index contributed by atoms with van der Waals surface area (Å²) in [6.45, 7) is 7.69. The Bertz CT molecular complexity index is 482. The average molecular weight is 259 g/mol. The lowest BCUT2D eigenvalue weighted by atomic mass is 10.2. The molecule has 2 aromatic rings. The molecule has 0 radical (unpaired) electrons. The summed E-state index contributed by atoms with van der Waals surface area (Å²) in [4.78, 5) is 6.76. The van der Waals surface area contributed by atoms with E-state index >= 15 is 0 Å². The van der Waals surface area contributed by atoms with Crippen molar-refractivity contribution in [3.63, 3.8) is 0 Å². The molecule has 0 amide bonds. The van der Waals surface area contributed by atoms with E-state index in [1.807, 2.05) is 24.4 Å². The van der Waals surface area contributed by atoms with E-state index in [0.29, 0.717) is 0 Å². The second kappa shape index (κ2) is 6.95. The molecular formula is C15H21N3O. The quantitative estimate of drug-likeness (QED) is 0.830. The highest BCUT2D eigenvalue weighted by molar-refractivity contribution is 5.46. The number of hydrogen-bond donors (Lipinski definition) is 1. The van der Waals surface area contributed by atoms with Gasteiger partial charge in [0.2, 0.25) is 0 Å². The summed E-state index contributed by atoms with van der Waals surface area (Å²) in [6, 6.07) is 8.02. The van der Waals surface area contributed by atoms with Gasteiger partial charge in [0.05, 0.1) is 12.8 Å². The summed E-state index contributed by atoms with van der Waals surface area (Å²) in [5, 5.41) is 3.35. The van der Waals surface area contributed by atoms with Crippen LogP contribution in [0.5, 0.6) is 0 Å². The number of nitrogens with zero attached hydrogens (tertiary/aromatic N) is 2. The van der Waals surface area contributed by atoms with E-state index in [0.717, 1.165) is 37.8 Å². The Labute approximate surface area is 114 Å². The second-order valence-corrected chi connectivity index (χ2v) is 4.36. The predicted octanol–water partition coefficient (Wildman–Crippen LogP) is 2.81. The van der Waals surface area contributed by atoms with Gasteiger partial charge in [-0.25, -0.2) is 4.98 Å². The predicted molar refractivity (Wildman–Crippen MR) is 77.0 cm³/mol. The van der Waals surface area contributed by atoms with Crippen LogP contribution in [-0.4, -0.2) is 18.1 Å². The van der Waals surface area contributed by atoms with Crippen molar-refractivity contribution >= 4 is 5.82 Å². The van der Waals surface area contributed by atoms with Gasteiger partial charge < -0.3 is 14.6 Å². The van der Waals surface area contributed by atoms with Gasteiger partial charge in [-0.15, -0.1) is 0 Å². The van der Waals surface area contributed by atoms with Crippen molar-refractivity contribution in [3.05, 3.63) is 48.0 Å². The topological polar surface area (TPSA) is 41.3 Å². The lowest BCUT2D eigenvalue weighted by Crippen LogP contribution is -2.25. The number of furan rings is 1. The molecule has 0 fully saturated rings. The van der Waals surface area contributed by atoms with Gasteiger partial charge in [-0.1, -0.05) is 13.0 Å². The molecule has 0 bridgehead atoms. The van der Waals surface area contributed by atoms with Gasteiger partial charge >= 0.3 is 0 Å². The summed E-state index contributed by atoms with van der Waals surface area (Å²) in [7, 11) is 0. The van der Waals surface area contributed by atoms with Crippen molar-refractivity contribution in [2.24, 2.45) is 0 Å². The standard InChI is InChI=1S/C15H21N3O/c1-3-16-11-13-7-5-9-17-15(13)18(4-2)12-14-8-6-10-19-14/h5-10,16H,3-4,11-12H2,1-2H3. The number of anilines is 1. The molecule has 2 aromatic heterocycles. The molecule has 2 rings (SSSR count). The van der Waals surface area contributed by atoms with E-state index in [1.54, 1.807) is 6.26 Å². The number of nitrogens with one attached hydrogen (secondary N) is 1. The third-order valence-corrected chi connectivity index (χ3v) is 3.04. The first kappa shape index (κ1) is 13.6. The Morgan fingerprint density at radius 3 is 2.84 bits per heavy atom. The molecule has 4 nitrogen and oxygen atoms in total. The van der Waals surface area contributed by atoms with Crippen LogP contribution in [0.3, 0.4) is 0 Å². The third kappa shape index (κ3) is 3.58. The van der Waals surface area contributed by atoms with Gasteiger partial charge in [-0.05, 0) is 31.7 Å². The van der Waals surface area contributed by atoms with Crippen molar-refractivity contribution in [3.8, 4) is 0 Å². The molecule has 0 unspecified atom stereocenters. The van der Waals surface area contributed by atoms with E-state index in [2.05, 4.69) is 35.1 Å². The fourth-order valence-corrected chi connectivity index (χ4v) is 2.04. The first-order valence-corrected chi connectivity index (χ1v) is 6.77. The monoisotopic (exact) mass is 259 g/mol. The minimum Gasteiger partial charge on any atom is -0.467 e. The normalized spacial score (nSPS) is 10.6. The summed E-state index contributed by atoms with van der Waals surface area (Å²) < 4.78 is 5.42. The average Bonchev–Trinajstić information content (AvgIpc) is 2.96. The van der Waals surface area contributed by atoms with Crippen molar-refractivity contribution in [1.29, 1.82) is 0 Å². The van der Waals surface area contributed by atoms with Crippen LogP contribution in [0.1, 0.15) is 25.2 Å². The highest BCUT2D eigenvalue weighted by Crippen LogP contribution is 2.19. The van der Waals surface area contributed by atoms with Crippen LogP contribution in [0.2, 0.25) is 0 Å². The van der Waals surface area contributed by atoms with Crippen LogP contribution in [-0.2, 0) is 13.1 Å². The maximum Gasteiger partial charge on any atom is 0.133 e. The molecule has 0 aliphatic heterocycles. The zero-order valence-electron chi connectivity index (χ0n) is 11.6. The van der Waals surface area contributed by atoms with Gasteiger partial charge in [0.25, 0.3) is 0 Å². The smallest absolute Gasteiger partial charge is 0.133 e. The van der Waals surface area contributed by atoms with E-state index in [9.17, 15) is 0 Å². The summed E-state index contributed by atoms with van der Waals surface area (Å²) >= 11 is 0. The minimum atomic E-state index is 0.750. The molecule has 0 aliphatic carbocycles. The summed E-state index contributed by atoms with van der Waals surface area (Å²) in [5.41, 5.74) is 1.22. The first-order valence-electron chi connectivity index (χ1n) is 6.77. The summed E-state index contributed by atoms with van der Waals surface area (Å²) in [6.07, 6.45) is 3.55. The van der Waals surface area contributed by atoms with Crippen LogP contribution in [0.4, 0.5) is 5.82 Å². The van der Waals surface area contributed by atoms with Crippen LogP contribution in [0.25, 0.3) is 0 Å². The van der Waals surface area contributed by atoms with Crippen molar-refractivity contribution in [1.82, 2.24) is 10.3 Å². The first-order chi connectivity index (χ1) is 9.35. The lowest BCUT2D eigenvalue weighted by Gasteiger charge is -2.23. The molecule has 0 saturated heterocycles. The van der Waals surface area contributed by atoms with Gasteiger partial charge in [-0.3, -0.25) is 0 Å². The van der Waals surface area contributed by atoms with Gasteiger partial charge in [0.1, 0.15) is 11.6 Å². The Morgan fingerprint density at radius 2 is 2.16 bits per heavy atom. The Balaban J connectivity index is 2.17. The zero-order chi connectivity index (χ0) is 13.5. The van der Waals surface area contributed by atoms with Crippen molar-refractivity contribution in [2.75, 3.05) is 18.0 Å². The third-order valence-electron chi connectivity index (χ3n) is 3.04. The molecule has 0 spiro atoms. The van der Waals surface area contributed by atoms with Gasteiger partial charge in [0.15, 0.2) is 0 Å². The molecule has 4 heteroatoms. The molecule has 0 aromatic carbocycles. The zero-order valence-corrected chi connectivity index (χ0v) is 11.6. The number of rotatable bonds is 7. The maximum absolute atomic E-state index is 5.42. The molecule has 0 atom stereocenters. The molecule has 0 saturated carbocycles. The van der Waals surface area contributed by atoms with Crippen LogP contribution in [0.15, 0.2) is 41.1 Å². The molecule has 19 heavy (non-hydrogen) atoms. The Morgan fingerprint density at radius 1 is 1.26 bits per heavy atom. The van der Waals surface area contributed by atoms with Gasteiger partial charge in [0, 0.05) is 24.8 Å². The van der Waals surface area contributed by atoms with Gasteiger partial charge in [-0.2, -0.15) is 0 Å². The number of pyridine rings is 1. The van der Waals surface area contributed by atoms with E-state index < -0.39 is 0 Å².